The highest BCUT2D eigenvalue weighted by Gasteiger charge is 2.32. The predicted octanol–water partition coefficient (Wildman–Crippen LogP) is 5.75. The SMILES string of the molecule is O=C(Nc1ccc2[nH]c(C(F)(F)F)cc2c1)c1cc(Cl)ccc1Cl. The number of rotatable bonds is 2. The first kappa shape index (κ1) is 16.7. The van der Waals surface area contributed by atoms with Crippen molar-refractivity contribution in [2.75, 3.05) is 5.32 Å². The van der Waals surface area contributed by atoms with Gasteiger partial charge in [-0.2, -0.15) is 13.2 Å². The van der Waals surface area contributed by atoms with E-state index in [-0.39, 0.29) is 10.6 Å². The van der Waals surface area contributed by atoms with Crippen LogP contribution in [0.4, 0.5) is 18.9 Å². The van der Waals surface area contributed by atoms with E-state index in [2.05, 4.69) is 10.3 Å². The molecule has 0 aliphatic carbocycles. The number of halogens is 5. The van der Waals surface area contributed by atoms with Crippen molar-refractivity contribution in [3.63, 3.8) is 0 Å². The van der Waals surface area contributed by atoms with Crippen molar-refractivity contribution < 1.29 is 18.0 Å². The lowest BCUT2D eigenvalue weighted by atomic mass is 10.2. The van der Waals surface area contributed by atoms with Crippen molar-refractivity contribution in [1.82, 2.24) is 4.98 Å². The molecule has 24 heavy (non-hydrogen) atoms. The molecule has 0 aliphatic rings. The fourth-order valence-electron chi connectivity index (χ4n) is 2.23. The summed E-state index contributed by atoms with van der Waals surface area (Å²) in [6.07, 6.45) is -4.46. The van der Waals surface area contributed by atoms with Crippen LogP contribution >= 0.6 is 23.2 Å². The van der Waals surface area contributed by atoms with Gasteiger partial charge in [-0.25, -0.2) is 0 Å². The number of nitrogens with one attached hydrogen (secondary N) is 2. The van der Waals surface area contributed by atoms with Gasteiger partial charge in [0.1, 0.15) is 5.69 Å². The van der Waals surface area contributed by atoms with E-state index < -0.39 is 17.8 Å². The molecule has 0 radical (unpaired) electrons. The van der Waals surface area contributed by atoms with E-state index in [0.29, 0.717) is 21.6 Å². The van der Waals surface area contributed by atoms with Gasteiger partial charge in [0.2, 0.25) is 0 Å². The van der Waals surface area contributed by atoms with Crippen LogP contribution in [0.15, 0.2) is 42.5 Å². The summed E-state index contributed by atoms with van der Waals surface area (Å²) in [5, 5.41) is 3.49. The minimum atomic E-state index is -4.46. The third-order valence-electron chi connectivity index (χ3n) is 3.36. The average molecular weight is 373 g/mol. The summed E-state index contributed by atoms with van der Waals surface area (Å²) in [6.45, 7) is 0. The van der Waals surface area contributed by atoms with Crippen LogP contribution in [0, 0.1) is 0 Å². The fraction of sp³-hybridized carbons (Fsp3) is 0.0625. The van der Waals surface area contributed by atoms with Crippen LogP contribution in [0.1, 0.15) is 16.1 Å². The minimum absolute atomic E-state index is 0.175. The van der Waals surface area contributed by atoms with E-state index in [9.17, 15) is 18.0 Å². The summed E-state index contributed by atoms with van der Waals surface area (Å²) in [6, 6.07) is 9.83. The Hall–Kier alpha value is -2.18. The van der Waals surface area contributed by atoms with E-state index in [4.69, 9.17) is 23.2 Å². The van der Waals surface area contributed by atoms with Crippen LogP contribution in [0.3, 0.4) is 0 Å². The van der Waals surface area contributed by atoms with E-state index in [1.807, 2.05) is 0 Å². The number of anilines is 1. The fourth-order valence-corrected chi connectivity index (χ4v) is 2.61. The minimum Gasteiger partial charge on any atom is -0.351 e. The number of amides is 1. The number of hydrogen-bond donors (Lipinski definition) is 2. The second-order valence-electron chi connectivity index (χ2n) is 5.06. The summed E-state index contributed by atoms with van der Waals surface area (Å²) < 4.78 is 38.1. The Labute approximate surface area is 144 Å². The summed E-state index contributed by atoms with van der Waals surface area (Å²) in [7, 11) is 0. The van der Waals surface area contributed by atoms with Gasteiger partial charge in [0, 0.05) is 21.6 Å². The second-order valence-corrected chi connectivity index (χ2v) is 5.90. The molecule has 2 N–H and O–H groups in total. The Morgan fingerprint density at radius 3 is 2.50 bits per heavy atom. The van der Waals surface area contributed by atoms with Gasteiger partial charge in [-0.05, 0) is 42.5 Å². The van der Waals surface area contributed by atoms with Gasteiger partial charge in [-0.3, -0.25) is 4.79 Å². The molecule has 2 aromatic carbocycles. The zero-order chi connectivity index (χ0) is 17.5. The molecule has 124 valence electrons. The van der Waals surface area contributed by atoms with Crippen molar-refractivity contribution in [3.8, 4) is 0 Å². The first-order valence-electron chi connectivity index (χ1n) is 6.70. The van der Waals surface area contributed by atoms with Crippen molar-refractivity contribution in [3.05, 3.63) is 63.8 Å². The number of aromatic amines is 1. The standard InChI is InChI=1S/C16H9Cl2F3N2O/c17-9-1-3-12(18)11(7-9)15(24)22-10-2-4-13-8(5-10)6-14(23-13)16(19,20)21/h1-7,23H,(H,22,24). The number of hydrogen-bond acceptors (Lipinski definition) is 1. The maximum atomic E-state index is 12.7. The molecule has 0 saturated carbocycles. The molecule has 1 amide bonds. The lowest BCUT2D eigenvalue weighted by Gasteiger charge is -2.07. The van der Waals surface area contributed by atoms with Gasteiger partial charge < -0.3 is 10.3 Å². The van der Waals surface area contributed by atoms with E-state index >= 15 is 0 Å². The van der Waals surface area contributed by atoms with Gasteiger partial charge in [0.15, 0.2) is 0 Å². The van der Waals surface area contributed by atoms with Crippen LogP contribution in [0.2, 0.25) is 10.0 Å². The maximum Gasteiger partial charge on any atom is 0.431 e. The Kier molecular flexibility index (Phi) is 4.19. The zero-order valence-electron chi connectivity index (χ0n) is 11.8. The van der Waals surface area contributed by atoms with Gasteiger partial charge in [0.25, 0.3) is 5.91 Å². The van der Waals surface area contributed by atoms with Crippen LogP contribution in [0.25, 0.3) is 10.9 Å². The van der Waals surface area contributed by atoms with Crippen LogP contribution in [0.5, 0.6) is 0 Å². The molecular formula is C16H9Cl2F3N2O. The largest absolute Gasteiger partial charge is 0.431 e. The van der Waals surface area contributed by atoms with Crippen molar-refractivity contribution in [2.45, 2.75) is 6.18 Å². The molecule has 8 heteroatoms. The van der Waals surface area contributed by atoms with Crippen LogP contribution < -0.4 is 5.32 Å². The highest BCUT2D eigenvalue weighted by Crippen LogP contribution is 2.32. The number of carbonyl (C=O) groups is 1. The number of aromatic nitrogens is 1. The average Bonchev–Trinajstić information content (AvgIpc) is 2.93. The lowest BCUT2D eigenvalue weighted by Crippen LogP contribution is -2.12. The Bertz CT molecular complexity index is 935. The van der Waals surface area contributed by atoms with Crippen LogP contribution in [-0.4, -0.2) is 10.9 Å². The van der Waals surface area contributed by atoms with Gasteiger partial charge in [-0.15, -0.1) is 0 Å². The molecular weight excluding hydrogens is 364 g/mol. The third kappa shape index (κ3) is 3.34. The highest BCUT2D eigenvalue weighted by molar-refractivity contribution is 6.36. The molecule has 1 aromatic heterocycles. The Balaban J connectivity index is 1.90. The molecule has 0 saturated heterocycles. The van der Waals surface area contributed by atoms with Crippen molar-refractivity contribution in [1.29, 1.82) is 0 Å². The summed E-state index contributed by atoms with van der Waals surface area (Å²) in [5.74, 6) is -0.506. The lowest BCUT2D eigenvalue weighted by molar-refractivity contribution is -0.140. The number of fused-ring (bicyclic) bond motifs is 1. The monoisotopic (exact) mass is 372 g/mol. The Morgan fingerprint density at radius 1 is 1.04 bits per heavy atom. The molecule has 0 fully saturated rings. The summed E-state index contributed by atoms with van der Waals surface area (Å²) in [5.41, 5.74) is -0.00875. The molecule has 0 aliphatic heterocycles. The highest BCUT2D eigenvalue weighted by atomic mass is 35.5. The number of carbonyl (C=O) groups excluding carboxylic acids is 1. The second kappa shape index (κ2) is 6.03. The zero-order valence-corrected chi connectivity index (χ0v) is 13.4. The first-order valence-corrected chi connectivity index (χ1v) is 7.46. The van der Waals surface area contributed by atoms with Gasteiger partial charge >= 0.3 is 6.18 Å². The Morgan fingerprint density at radius 2 is 1.79 bits per heavy atom. The first-order chi connectivity index (χ1) is 11.2. The number of H-pyrrole nitrogens is 1. The van der Waals surface area contributed by atoms with Crippen LogP contribution in [-0.2, 0) is 6.18 Å². The molecule has 1 heterocycles. The molecule has 3 nitrogen and oxygen atoms in total. The smallest absolute Gasteiger partial charge is 0.351 e. The molecule has 0 unspecified atom stereocenters. The number of benzene rings is 2. The van der Waals surface area contributed by atoms with Crippen molar-refractivity contribution in [2.24, 2.45) is 0 Å². The number of alkyl halides is 3. The molecule has 0 bridgehead atoms. The normalized spacial score (nSPS) is 11.7. The van der Waals surface area contributed by atoms with E-state index in [1.165, 1.54) is 30.3 Å². The maximum absolute atomic E-state index is 12.7. The predicted molar refractivity (Wildman–Crippen MR) is 87.7 cm³/mol. The summed E-state index contributed by atoms with van der Waals surface area (Å²) >= 11 is 11.8. The van der Waals surface area contributed by atoms with Gasteiger partial charge in [-0.1, -0.05) is 23.2 Å². The third-order valence-corrected chi connectivity index (χ3v) is 3.92. The topological polar surface area (TPSA) is 44.9 Å². The molecule has 3 aromatic rings. The molecule has 0 spiro atoms. The quantitative estimate of drug-likeness (QED) is 0.591. The molecule has 0 atom stereocenters. The van der Waals surface area contributed by atoms with Gasteiger partial charge in [0.05, 0.1) is 10.6 Å². The van der Waals surface area contributed by atoms with E-state index in [1.54, 1.807) is 6.07 Å². The molecule has 3 rings (SSSR count). The van der Waals surface area contributed by atoms with Crippen molar-refractivity contribution >= 4 is 45.7 Å². The van der Waals surface area contributed by atoms with E-state index in [0.717, 1.165) is 6.07 Å². The summed E-state index contributed by atoms with van der Waals surface area (Å²) in [4.78, 5) is 14.5.